The van der Waals surface area contributed by atoms with Crippen molar-refractivity contribution in [3.05, 3.63) is 79.2 Å². The molecule has 0 spiro atoms. The van der Waals surface area contributed by atoms with E-state index in [1.54, 1.807) is 12.2 Å². The van der Waals surface area contributed by atoms with Gasteiger partial charge in [0.25, 0.3) is 0 Å². The first-order valence-electron chi connectivity index (χ1n) is 5.96. The summed E-state index contributed by atoms with van der Waals surface area (Å²) in [7, 11) is 0. The molecule has 0 atom stereocenters. The molecule has 1 aromatic carbocycles. The third-order valence-electron chi connectivity index (χ3n) is 1.95. The molecule has 102 valence electrons. The summed E-state index contributed by atoms with van der Waals surface area (Å²) in [6, 6.07) is 7.72. The minimum atomic E-state index is -0.489. The maximum absolute atomic E-state index is 12.3. The molecular weight excluding hydrogens is 239 g/mol. The van der Waals surface area contributed by atoms with Gasteiger partial charge in [-0.2, -0.15) is 0 Å². The van der Waals surface area contributed by atoms with Gasteiger partial charge in [0.1, 0.15) is 18.2 Å². The van der Waals surface area contributed by atoms with Gasteiger partial charge < -0.3 is 4.74 Å². The zero-order chi connectivity index (χ0) is 14.7. The first kappa shape index (κ1) is 16.9. The van der Waals surface area contributed by atoms with E-state index in [1.807, 2.05) is 38.1 Å². The van der Waals surface area contributed by atoms with E-state index in [2.05, 4.69) is 19.7 Å². The van der Waals surface area contributed by atoms with Crippen molar-refractivity contribution < 1.29 is 9.13 Å². The van der Waals surface area contributed by atoms with Gasteiger partial charge in [0.15, 0.2) is 0 Å². The maximum Gasteiger partial charge on any atom is 0.119 e. The molecule has 0 unspecified atom stereocenters. The van der Waals surface area contributed by atoms with Crippen molar-refractivity contribution in [2.45, 2.75) is 13.8 Å². The molecule has 1 aromatic rings. The highest BCUT2D eigenvalue weighted by molar-refractivity contribution is 5.28. The molecule has 0 amide bonds. The van der Waals surface area contributed by atoms with Gasteiger partial charge in [-0.05, 0) is 37.6 Å². The van der Waals surface area contributed by atoms with E-state index in [0.717, 1.165) is 5.75 Å². The molecule has 0 aliphatic heterocycles. The van der Waals surface area contributed by atoms with Crippen LogP contribution in [0.15, 0.2) is 73.6 Å². The van der Waals surface area contributed by atoms with E-state index in [9.17, 15) is 4.39 Å². The van der Waals surface area contributed by atoms with Crippen molar-refractivity contribution in [3.8, 4) is 5.75 Å². The minimum Gasteiger partial charge on any atom is -0.489 e. The third-order valence-corrected chi connectivity index (χ3v) is 1.95. The fourth-order valence-electron chi connectivity index (χ4n) is 1.07. The summed E-state index contributed by atoms with van der Waals surface area (Å²) in [6.45, 7) is 14.5. The highest BCUT2D eigenvalue weighted by Gasteiger charge is 1.94. The lowest BCUT2D eigenvalue weighted by atomic mass is 10.2. The van der Waals surface area contributed by atoms with Crippen LogP contribution in [0.5, 0.6) is 5.75 Å². The van der Waals surface area contributed by atoms with E-state index >= 15 is 0 Å². The molecule has 2 heteroatoms. The molecule has 0 heterocycles. The molecule has 0 aromatic heterocycles. The Hall–Kier alpha value is -2.09. The number of hydrogen-bond acceptors (Lipinski definition) is 1. The molecule has 0 saturated heterocycles. The van der Waals surface area contributed by atoms with Crippen LogP contribution in [0.25, 0.3) is 0 Å². The predicted molar refractivity (Wildman–Crippen MR) is 81.1 cm³/mol. The maximum atomic E-state index is 12.3. The SMILES string of the molecule is C=C(F)/C=C\C(=C)COc1ccc(C)cc1.C=CC. The monoisotopic (exact) mass is 260 g/mol. The number of rotatable bonds is 5. The zero-order valence-corrected chi connectivity index (χ0v) is 11.7. The van der Waals surface area contributed by atoms with Crippen LogP contribution in [0.1, 0.15) is 12.5 Å². The van der Waals surface area contributed by atoms with Crippen LogP contribution in [-0.4, -0.2) is 6.61 Å². The molecule has 1 nitrogen and oxygen atoms in total. The molecule has 1 rings (SSSR count). The lowest BCUT2D eigenvalue weighted by Gasteiger charge is -2.05. The van der Waals surface area contributed by atoms with Gasteiger partial charge >= 0.3 is 0 Å². The van der Waals surface area contributed by atoms with Crippen molar-refractivity contribution >= 4 is 0 Å². The Kier molecular flexibility index (Phi) is 8.80. The molecule has 19 heavy (non-hydrogen) atoms. The molecule has 0 saturated carbocycles. The van der Waals surface area contributed by atoms with Gasteiger partial charge in [0.2, 0.25) is 0 Å². The Morgan fingerprint density at radius 3 is 2.21 bits per heavy atom. The lowest BCUT2D eigenvalue weighted by molar-refractivity contribution is 0.356. The average molecular weight is 260 g/mol. The molecule has 0 radical (unpaired) electrons. The summed E-state index contributed by atoms with van der Waals surface area (Å²) in [5.74, 6) is 0.288. The van der Waals surface area contributed by atoms with Gasteiger partial charge in [0, 0.05) is 0 Å². The van der Waals surface area contributed by atoms with Crippen LogP contribution in [0.3, 0.4) is 0 Å². The summed E-state index contributed by atoms with van der Waals surface area (Å²) in [5, 5.41) is 0. The van der Waals surface area contributed by atoms with Crippen LogP contribution >= 0.6 is 0 Å². The van der Waals surface area contributed by atoms with Crippen LogP contribution in [0.4, 0.5) is 4.39 Å². The molecule has 0 fully saturated rings. The lowest BCUT2D eigenvalue weighted by Crippen LogP contribution is -1.98. The van der Waals surface area contributed by atoms with E-state index in [-0.39, 0.29) is 0 Å². The number of benzene rings is 1. The number of allylic oxidation sites excluding steroid dienone is 3. The van der Waals surface area contributed by atoms with E-state index in [4.69, 9.17) is 4.74 Å². The van der Waals surface area contributed by atoms with Crippen molar-refractivity contribution in [2.75, 3.05) is 6.61 Å². The summed E-state index contributed by atoms with van der Waals surface area (Å²) in [6.07, 6.45) is 4.57. The second-order valence-electron chi connectivity index (χ2n) is 3.95. The summed E-state index contributed by atoms with van der Waals surface area (Å²) >= 11 is 0. The Balaban J connectivity index is 0.000000982. The fraction of sp³-hybridized carbons (Fsp3) is 0.176. The third kappa shape index (κ3) is 9.60. The van der Waals surface area contributed by atoms with Crippen molar-refractivity contribution in [1.29, 1.82) is 0 Å². The van der Waals surface area contributed by atoms with Crippen molar-refractivity contribution in [1.82, 2.24) is 0 Å². The van der Waals surface area contributed by atoms with E-state index in [1.165, 1.54) is 11.6 Å². The Bertz CT molecular complexity index is 441. The van der Waals surface area contributed by atoms with Crippen molar-refractivity contribution in [3.63, 3.8) is 0 Å². The minimum absolute atomic E-state index is 0.340. The summed E-state index contributed by atoms with van der Waals surface area (Å²) in [5.41, 5.74) is 1.87. The highest BCUT2D eigenvalue weighted by Crippen LogP contribution is 2.12. The second kappa shape index (κ2) is 9.89. The van der Waals surface area contributed by atoms with Gasteiger partial charge in [-0.25, -0.2) is 4.39 Å². The number of aryl methyl sites for hydroxylation is 1. The van der Waals surface area contributed by atoms with E-state index < -0.39 is 5.83 Å². The molecule has 0 aliphatic rings. The van der Waals surface area contributed by atoms with Crippen LogP contribution in [0.2, 0.25) is 0 Å². The first-order chi connectivity index (χ1) is 8.99. The Labute approximate surface area is 115 Å². The molecular formula is C17H21FO. The quantitative estimate of drug-likeness (QED) is 0.524. The van der Waals surface area contributed by atoms with Gasteiger partial charge in [-0.15, -0.1) is 6.58 Å². The van der Waals surface area contributed by atoms with Crippen molar-refractivity contribution in [2.24, 2.45) is 0 Å². The van der Waals surface area contributed by atoms with Crippen LogP contribution in [-0.2, 0) is 0 Å². The molecule has 0 bridgehead atoms. The summed E-state index contributed by atoms with van der Waals surface area (Å²) < 4.78 is 17.8. The topological polar surface area (TPSA) is 9.23 Å². The summed E-state index contributed by atoms with van der Waals surface area (Å²) in [4.78, 5) is 0. The number of ether oxygens (including phenoxy) is 1. The first-order valence-corrected chi connectivity index (χ1v) is 5.96. The second-order valence-corrected chi connectivity index (χ2v) is 3.95. The van der Waals surface area contributed by atoms with Crippen LogP contribution < -0.4 is 4.74 Å². The predicted octanol–water partition coefficient (Wildman–Crippen LogP) is 5.16. The molecule has 0 aliphatic carbocycles. The largest absolute Gasteiger partial charge is 0.489 e. The average Bonchev–Trinajstić information content (AvgIpc) is 2.36. The van der Waals surface area contributed by atoms with Gasteiger partial charge in [-0.3, -0.25) is 0 Å². The standard InChI is InChI=1S/C14H15FO.C3H6/c1-11-5-8-14(9-6-11)16-10-12(2)4-7-13(3)15;1-3-2/h4-9H,2-3,10H2,1H3;3H,1H2,2H3/b7-4-;. The smallest absolute Gasteiger partial charge is 0.119 e. The fourth-order valence-corrected chi connectivity index (χ4v) is 1.07. The zero-order valence-electron chi connectivity index (χ0n) is 11.7. The van der Waals surface area contributed by atoms with Gasteiger partial charge in [0.05, 0.1) is 0 Å². The van der Waals surface area contributed by atoms with Gasteiger partial charge in [-0.1, -0.05) is 43.0 Å². The Morgan fingerprint density at radius 2 is 1.74 bits per heavy atom. The van der Waals surface area contributed by atoms with Crippen LogP contribution in [0, 0.1) is 6.92 Å². The number of halogens is 1. The van der Waals surface area contributed by atoms with E-state index in [0.29, 0.717) is 12.2 Å². The molecule has 0 N–H and O–H groups in total. The normalized spacial score (nSPS) is 9.42. The number of hydrogen-bond donors (Lipinski definition) is 0. The Morgan fingerprint density at radius 1 is 1.21 bits per heavy atom. The highest BCUT2D eigenvalue weighted by atomic mass is 19.1.